The number of carbonyl (C=O) groups is 1. The summed E-state index contributed by atoms with van der Waals surface area (Å²) in [6.07, 6.45) is 0.496. The zero-order valence-electron chi connectivity index (χ0n) is 16.6. The molecule has 1 atom stereocenters. The van der Waals surface area contributed by atoms with Crippen molar-refractivity contribution >= 4 is 16.8 Å². The van der Waals surface area contributed by atoms with E-state index in [9.17, 15) is 9.59 Å². The Bertz CT molecular complexity index is 1040. The van der Waals surface area contributed by atoms with E-state index in [4.69, 9.17) is 0 Å². The van der Waals surface area contributed by atoms with Crippen LogP contribution in [-0.4, -0.2) is 56.9 Å². The third kappa shape index (κ3) is 4.05. The monoisotopic (exact) mass is 391 g/mol. The molecule has 7 heteroatoms. The summed E-state index contributed by atoms with van der Waals surface area (Å²) in [5.74, 6) is -0.0569. The van der Waals surface area contributed by atoms with Gasteiger partial charge < -0.3 is 4.90 Å². The average molecular weight is 391 g/mol. The number of aromatic nitrogens is 3. The Morgan fingerprint density at radius 2 is 1.69 bits per heavy atom. The van der Waals surface area contributed by atoms with Gasteiger partial charge in [0.1, 0.15) is 11.6 Å². The van der Waals surface area contributed by atoms with E-state index in [1.54, 1.807) is 18.2 Å². The van der Waals surface area contributed by atoms with E-state index in [0.29, 0.717) is 30.4 Å². The quantitative estimate of drug-likeness (QED) is 0.666. The summed E-state index contributed by atoms with van der Waals surface area (Å²) >= 11 is 0. The van der Waals surface area contributed by atoms with Gasteiger partial charge in [-0.1, -0.05) is 54.6 Å². The van der Waals surface area contributed by atoms with Crippen LogP contribution in [0, 0.1) is 0 Å². The number of benzene rings is 2. The maximum absolute atomic E-state index is 13.2. The molecule has 0 saturated carbocycles. The van der Waals surface area contributed by atoms with Gasteiger partial charge in [-0.05, 0) is 24.1 Å². The fraction of sp³-hybridized carbons (Fsp3) is 0.364. The first-order chi connectivity index (χ1) is 14.2. The molecule has 0 bridgehead atoms. The van der Waals surface area contributed by atoms with E-state index in [1.165, 1.54) is 10.2 Å². The standard InChI is InChI=1S/C22H25N5O2/c1-2-20(27-21(28)18-10-6-7-11-19(18)23-24-27)22(29)26-14-12-25(13-15-26)16-17-8-4-3-5-9-17/h3-11,20H,2,12-16H2,1H3/t20-/m0/s1. The topological polar surface area (TPSA) is 71.3 Å². The smallest absolute Gasteiger partial charge is 0.278 e. The summed E-state index contributed by atoms with van der Waals surface area (Å²) in [5, 5.41) is 8.68. The van der Waals surface area contributed by atoms with Gasteiger partial charge in [-0.2, -0.15) is 4.68 Å². The number of carbonyl (C=O) groups excluding carboxylic acids is 1. The number of hydrogen-bond donors (Lipinski definition) is 0. The molecule has 4 rings (SSSR count). The van der Waals surface area contributed by atoms with Crippen LogP contribution in [-0.2, 0) is 11.3 Å². The lowest BCUT2D eigenvalue weighted by molar-refractivity contribution is -0.137. The molecule has 1 amide bonds. The summed E-state index contributed by atoms with van der Waals surface area (Å²) < 4.78 is 1.25. The van der Waals surface area contributed by atoms with E-state index in [2.05, 4.69) is 27.3 Å². The molecule has 7 nitrogen and oxygen atoms in total. The number of nitrogens with zero attached hydrogens (tertiary/aromatic N) is 5. The van der Waals surface area contributed by atoms with Crippen LogP contribution < -0.4 is 5.56 Å². The van der Waals surface area contributed by atoms with Crippen molar-refractivity contribution in [2.24, 2.45) is 0 Å². The second-order valence-electron chi connectivity index (χ2n) is 7.37. The Hall–Kier alpha value is -3.06. The van der Waals surface area contributed by atoms with Crippen molar-refractivity contribution in [3.8, 4) is 0 Å². The lowest BCUT2D eigenvalue weighted by atomic mass is 10.1. The summed E-state index contributed by atoms with van der Waals surface area (Å²) in [6.45, 7) is 5.72. The van der Waals surface area contributed by atoms with Crippen molar-refractivity contribution < 1.29 is 4.79 Å². The van der Waals surface area contributed by atoms with E-state index < -0.39 is 6.04 Å². The molecule has 2 heterocycles. The summed E-state index contributed by atoms with van der Waals surface area (Å²) in [6, 6.07) is 16.8. The Morgan fingerprint density at radius 1 is 1.00 bits per heavy atom. The number of hydrogen-bond acceptors (Lipinski definition) is 5. The molecule has 2 aromatic carbocycles. The van der Waals surface area contributed by atoms with Gasteiger partial charge in [-0.3, -0.25) is 14.5 Å². The van der Waals surface area contributed by atoms with Crippen LogP contribution >= 0.6 is 0 Å². The molecule has 29 heavy (non-hydrogen) atoms. The van der Waals surface area contributed by atoms with Gasteiger partial charge in [-0.25, -0.2) is 0 Å². The van der Waals surface area contributed by atoms with Crippen LogP contribution in [0.25, 0.3) is 10.9 Å². The molecular weight excluding hydrogens is 366 g/mol. The van der Waals surface area contributed by atoms with Crippen LogP contribution in [0.4, 0.5) is 0 Å². The highest BCUT2D eigenvalue weighted by Crippen LogP contribution is 2.16. The Kier molecular flexibility index (Phi) is 5.67. The van der Waals surface area contributed by atoms with Crippen molar-refractivity contribution in [2.75, 3.05) is 26.2 Å². The molecular formula is C22H25N5O2. The number of rotatable bonds is 5. The zero-order chi connectivity index (χ0) is 20.2. The molecule has 0 N–H and O–H groups in total. The lowest BCUT2D eigenvalue weighted by Crippen LogP contribution is -2.51. The predicted octanol–water partition coefficient (Wildman–Crippen LogP) is 2.09. The largest absolute Gasteiger partial charge is 0.338 e. The fourth-order valence-corrected chi connectivity index (χ4v) is 3.84. The number of fused-ring (bicyclic) bond motifs is 1. The molecule has 0 unspecified atom stereocenters. The Labute approximate surface area is 169 Å². The predicted molar refractivity (Wildman–Crippen MR) is 111 cm³/mol. The van der Waals surface area contributed by atoms with Crippen molar-refractivity contribution in [3.05, 3.63) is 70.5 Å². The van der Waals surface area contributed by atoms with Gasteiger partial charge in [0.2, 0.25) is 5.91 Å². The summed E-state index contributed by atoms with van der Waals surface area (Å²) in [7, 11) is 0. The number of amides is 1. The molecule has 0 radical (unpaired) electrons. The van der Waals surface area contributed by atoms with Crippen molar-refractivity contribution in [3.63, 3.8) is 0 Å². The lowest BCUT2D eigenvalue weighted by Gasteiger charge is -2.36. The van der Waals surface area contributed by atoms with E-state index in [0.717, 1.165) is 19.6 Å². The molecule has 1 fully saturated rings. The fourth-order valence-electron chi connectivity index (χ4n) is 3.84. The van der Waals surface area contributed by atoms with Crippen LogP contribution in [0.5, 0.6) is 0 Å². The molecule has 1 aliphatic heterocycles. The molecule has 0 aliphatic carbocycles. The van der Waals surface area contributed by atoms with Crippen molar-refractivity contribution in [2.45, 2.75) is 25.9 Å². The van der Waals surface area contributed by atoms with Crippen molar-refractivity contribution in [1.29, 1.82) is 0 Å². The minimum atomic E-state index is -0.625. The van der Waals surface area contributed by atoms with Gasteiger partial charge in [0.25, 0.3) is 5.56 Å². The van der Waals surface area contributed by atoms with Crippen LogP contribution in [0.3, 0.4) is 0 Å². The molecule has 1 aliphatic rings. The zero-order valence-corrected chi connectivity index (χ0v) is 16.6. The first-order valence-electron chi connectivity index (χ1n) is 10.1. The van der Waals surface area contributed by atoms with E-state index in [-0.39, 0.29) is 11.5 Å². The highest BCUT2D eigenvalue weighted by molar-refractivity contribution is 5.81. The Morgan fingerprint density at radius 3 is 2.41 bits per heavy atom. The van der Waals surface area contributed by atoms with Gasteiger partial charge in [0.15, 0.2) is 0 Å². The second-order valence-corrected chi connectivity index (χ2v) is 7.37. The van der Waals surface area contributed by atoms with Gasteiger partial charge in [0, 0.05) is 32.7 Å². The Balaban J connectivity index is 1.46. The summed E-state index contributed by atoms with van der Waals surface area (Å²) in [4.78, 5) is 30.2. The van der Waals surface area contributed by atoms with Gasteiger partial charge in [-0.15, -0.1) is 5.10 Å². The molecule has 1 aromatic heterocycles. The average Bonchev–Trinajstić information content (AvgIpc) is 2.77. The first kappa shape index (κ1) is 19.3. The van der Waals surface area contributed by atoms with Crippen LogP contribution in [0.2, 0.25) is 0 Å². The molecule has 0 spiro atoms. The first-order valence-corrected chi connectivity index (χ1v) is 10.1. The minimum Gasteiger partial charge on any atom is -0.338 e. The minimum absolute atomic E-state index is 0.0569. The van der Waals surface area contributed by atoms with E-state index in [1.807, 2.05) is 36.1 Å². The second kappa shape index (κ2) is 8.53. The molecule has 150 valence electrons. The number of piperazine rings is 1. The normalized spacial score (nSPS) is 16.1. The SMILES string of the molecule is CC[C@@H](C(=O)N1CCN(Cc2ccccc2)CC1)n1nnc2ccccc2c1=O. The summed E-state index contributed by atoms with van der Waals surface area (Å²) in [5.41, 5.74) is 1.56. The van der Waals surface area contributed by atoms with Gasteiger partial charge in [0.05, 0.1) is 5.39 Å². The maximum Gasteiger partial charge on any atom is 0.278 e. The van der Waals surface area contributed by atoms with Crippen LogP contribution in [0.15, 0.2) is 59.4 Å². The van der Waals surface area contributed by atoms with Gasteiger partial charge >= 0.3 is 0 Å². The highest BCUT2D eigenvalue weighted by Gasteiger charge is 2.29. The molecule has 3 aromatic rings. The van der Waals surface area contributed by atoms with Crippen molar-refractivity contribution in [1.82, 2.24) is 24.8 Å². The third-order valence-corrected chi connectivity index (χ3v) is 5.49. The third-order valence-electron chi connectivity index (χ3n) is 5.49. The van der Waals surface area contributed by atoms with Crippen LogP contribution in [0.1, 0.15) is 24.9 Å². The maximum atomic E-state index is 13.2. The molecule has 1 saturated heterocycles. The highest BCUT2D eigenvalue weighted by atomic mass is 16.2. The van der Waals surface area contributed by atoms with E-state index >= 15 is 0 Å².